The Morgan fingerprint density at radius 2 is 2.16 bits per heavy atom. The first-order valence-corrected chi connectivity index (χ1v) is 5.84. The molecular formula is C14H14FN3O. The summed E-state index contributed by atoms with van der Waals surface area (Å²) in [5.74, 6) is -0.244. The summed E-state index contributed by atoms with van der Waals surface area (Å²) in [5.41, 5.74) is 6.57. The lowest BCUT2D eigenvalue weighted by Crippen LogP contribution is -2.26. The Kier molecular flexibility index (Phi) is 3.75. The van der Waals surface area contributed by atoms with Crippen molar-refractivity contribution in [3.63, 3.8) is 0 Å². The van der Waals surface area contributed by atoms with Gasteiger partial charge in [-0.3, -0.25) is 4.79 Å². The van der Waals surface area contributed by atoms with Crippen molar-refractivity contribution in [2.24, 2.45) is 0 Å². The summed E-state index contributed by atoms with van der Waals surface area (Å²) in [7, 11) is 0. The second kappa shape index (κ2) is 5.48. The van der Waals surface area contributed by atoms with Crippen LogP contribution in [0.2, 0.25) is 0 Å². The van der Waals surface area contributed by atoms with Crippen LogP contribution in [-0.4, -0.2) is 10.9 Å². The summed E-state index contributed by atoms with van der Waals surface area (Å²) in [5, 5.41) is 2.77. The van der Waals surface area contributed by atoms with Crippen molar-refractivity contribution in [2.75, 3.05) is 5.73 Å². The van der Waals surface area contributed by atoms with Gasteiger partial charge in [0.1, 0.15) is 11.6 Å². The van der Waals surface area contributed by atoms with Crippen LogP contribution in [-0.2, 0) is 0 Å². The van der Waals surface area contributed by atoms with Gasteiger partial charge in [0.2, 0.25) is 0 Å². The molecule has 0 aliphatic rings. The molecule has 0 saturated carbocycles. The largest absolute Gasteiger partial charge is 0.384 e. The van der Waals surface area contributed by atoms with Crippen LogP contribution in [0.25, 0.3) is 0 Å². The summed E-state index contributed by atoms with van der Waals surface area (Å²) in [6.45, 7) is 1.79. The van der Waals surface area contributed by atoms with E-state index in [1.54, 1.807) is 31.2 Å². The molecular weight excluding hydrogens is 245 g/mol. The molecule has 1 aromatic carbocycles. The maximum atomic E-state index is 13.1. The van der Waals surface area contributed by atoms with Gasteiger partial charge in [-0.25, -0.2) is 9.37 Å². The standard InChI is InChI=1S/C14H14FN3O/c1-9(10-3-2-4-12(15)7-10)18-14(19)11-5-6-13(16)17-8-11/h2-9H,1H3,(H2,16,17)(H,18,19). The lowest BCUT2D eigenvalue weighted by atomic mass is 10.1. The van der Waals surface area contributed by atoms with Gasteiger partial charge in [0, 0.05) is 6.20 Å². The molecule has 5 heteroatoms. The van der Waals surface area contributed by atoms with E-state index in [-0.39, 0.29) is 17.8 Å². The van der Waals surface area contributed by atoms with E-state index in [9.17, 15) is 9.18 Å². The van der Waals surface area contributed by atoms with Crippen molar-refractivity contribution in [1.82, 2.24) is 10.3 Å². The Balaban J connectivity index is 2.08. The minimum atomic E-state index is -0.326. The molecule has 4 nitrogen and oxygen atoms in total. The zero-order valence-electron chi connectivity index (χ0n) is 10.4. The topological polar surface area (TPSA) is 68.0 Å². The maximum absolute atomic E-state index is 13.1. The van der Waals surface area contributed by atoms with Crippen molar-refractivity contribution in [3.8, 4) is 0 Å². The molecule has 2 aromatic rings. The average molecular weight is 259 g/mol. The first-order valence-electron chi connectivity index (χ1n) is 5.84. The number of aromatic nitrogens is 1. The average Bonchev–Trinajstić information content (AvgIpc) is 2.39. The second-order valence-electron chi connectivity index (χ2n) is 4.22. The highest BCUT2D eigenvalue weighted by molar-refractivity contribution is 5.94. The molecule has 2 rings (SSSR count). The summed E-state index contributed by atoms with van der Waals surface area (Å²) < 4.78 is 13.1. The normalized spacial score (nSPS) is 11.9. The number of carbonyl (C=O) groups excluding carboxylic acids is 1. The van der Waals surface area contributed by atoms with E-state index in [0.29, 0.717) is 16.9 Å². The van der Waals surface area contributed by atoms with E-state index >= 15 is 0 Å². The summed E-state index contributed by atoms with van der Waals surface area (Å²) in [4.78, 5) is 15.8. The maximum Gasteiger partial charge on any atom is 0.253 e. The molecule has 3 N–H and O–H groups in total. The number of pyridine rings is 1. The molecule has 0 aliphatic carbocycles. The number of amides is 1. The second-order valence-corrected chi connectivity index (χ2v) is 4.22. The van der Waals surface area contributed by atoms with Crippen LogP contribution >= 0.6 is 0 Å². The molecule has 1 unspecified atom stereocenters. The van der Waals surface area contributed by atoms with Gasteiger partial charge in [0.15, 0.2) is 0 Å². The third-order valence-corrected chi connectivity index (χ3v) is 2.74. The molecule has 1 atom stereocenters. The van der Waals surface area contributed by atoms with E-state index in [1.807, 2.05) is 0 Å². The highest BCUT2D eigenvalue weighted by Crippen LogP contribution is 2.14. The number of halogens is 1. The SMILES string of the molecule is CC(NC(=O)c1ccc(N)nc1)c1cccc(F)c1. The van der Waals surface area contributed by atoms with Crippen molar-refractivity contribution >= 4 is 11.7 Å². The van der Waals surface area contributed by atoms with E-state index < -0.39 is 0 Å². The van der Waals surface area contributed by atoms with Crippen molar-refractivity contribution < 1.29 is 9.18 Å². The van der Waals surface area contributed by atoms with Crippen molar-refractivity contribution in [2.45, 2.75) is 13.0 Å². The van der Waals surface area contributed by atoms with E-state index in [2.05, 4.69) is 10.3 Å². The summed E-state index contributed by atoms with van der Waals surface area (Å²) in [6, 6.07) is 8.99. The van der Waals surface area contributed by atoms with Gasteiger partial charge in [-0.1, -0.05) is 12.1 Å². The number of nitrogens with zero attached hydrogens (tertiary/aromatic N) is 1. The molecule has 0 aliphatic heterocycles. The number of nitrogens with two attached hydrogens (primary N) is 1. The number of benzene rings is 1. The van der Waals surface area contributed by atoms with Gasteiger partial charge in [0.25, 0.3) is 5.91 Å². The van der Waals surface area contributed by atoms with Crippen LogP contribution in [0.15, 0.2) is 42.6 Å². The highest BCUT2D eigenvalue weighted by Gasteiger charge is 2.12. The Labute approximate surface area is 110 Å². The van der Waals surface area contributed by atoms with Gasteiger partial charge in [-0.2, -0.15) is 0 Å². The smallest absolute Gasteiger partial charge is 0.253 e. The Morgan fingerprint density at radius 1 is 1.37 bits per heavy atom. The zero-order valence-corrected chi connectivity index (χ0v) is 10.4. The zero-order chi connectivity index (χ0) is 13.8. The summed E-state index contributed by atoms with van der Waals surface area (Å²) >= 11 is 0. The van der Waals surface area contributed by atoms with Crippen LogP contribution in [0.1, 0.15) is 28.9 Å². The van der Waals surface area contributed by atoms with Crippen LogP contribution < -0.4 is 11.1 Å². The van der Waals surface area contributed by atoms with Gasteiger partial charge in [-0.05, 0) is 36.8 Å². The first kappa shape index (κ1) is 13.0. The molecule has 0 radical (unpaired) electrons. The number of nitrogen functional groups attached to an aromatic ring is 1. The highest BCUT2D eigenvalue weighted by atomic mass is 19.1. The number of carbonyl (C=O) groups is 1. The molecule has 0 spiro atoms. The molecule has 1 heterocycles. The molecule has 0 bridgehead atoms. The van der Waals surface area contributed by atoms with E-state index in [4.69, 9.17) is 5.73 Å². The Bertz CT molecular complexity index is 583. The number of hydrogen-bond acceptors (Lipinski definition) is 3. The fourth-order valence-corrected chi connectivity index (χ4v) is 1.68. The Hall–Kier alpha value is -2.43. The first-order chi connectivity index (χ1) is 9.06. The predicted molar refractivity (Wildman–Crippen MR) is 70.9 cm³/mol. The fraction of sp³-hybridized carbons (Fsp3) is 0.143. The fourth-order valence-electron chi connectivity index (χ4n) is 1.68. The molecule has 19 heavy (non-hydrogen) atoms. The monoisotopic (exact) mass is 259 g/mol. The number of nitrogens with one attached hydrogen (secondary N) is 1. The van der Waals surface area contributed by atoms with Crippen molar-refractivity contribution in [1.29, 1.82) is 0 Å². The predicted octanol–water partition coefficient (Wildman–Crippen LogP) is 2.29. The van der Waals surface area contributed by atoms with Gasteiger partial charge < -0.3 is 11.1 Å². The lowest BCUT2D eigenvalue weighted by Gasteiger charge is -2.14. The molecule has 98 valence electrons. The number of anilines is 1. The van der Waals surface area contributed by atoms with Gasteiger partial charge >= 0.3 is 0 Å². The Morgan fingerprint density at radius 3 is 2.79 bits per heavy atom. The third-order valence-electron chi connectivity index (χ3n) is 2.74. The van der Waals surface area contributed by atoms with E-state index in [0.717, 1.165) is 0 Å². The lowest BCUT2D eigenvalue weighted by molar-refractivity contribution is 0.0939. The van der Waals surface area contributed by atoms with Gasteiger partial charge in [0.05, 0.1) is 11.6 Å². The molecule has 0 fully saturated rings. The van der Waals surface area contributed by atoms with E-state index in [1.165, 1.54) is 18.3 Å². The quantitative estimate of drug-likeness (QED) is 0.888. The molecule has 1 aromatic heterocycles. The molecule has 1 amide bonds. The third kappa shape index (κ3) is 3.28. The van der Waals surface area contributed by atoms with Crippen molar-refractivity contribution in [3.05, 3.63) is 59.5 Å². The van der Waals surface area contributed by atoms with Crippen LogP contribution in [0.5, 0.6) is 0 Å². The van der Waals surface area contributed by atoms with Crippen LogP contribution in [0, 0.1) is 5.82 Å². The number of hydrogen-bond donors (Lipinski definition) is 2. The van der Waals surface area contributed by atoms with Crippen LogP contribution in [0.3, 0.4) is 0 Å². The number of rotatable bonds is 3. The van der Waals surface area contributed by atoms with Gasteiger partial charge in [-0.15, -0.1) is 0 Å². The summed E-state index contributed by atoms with van der Waals surface area (Å²) in [6.07, 6.45) is 1.41. The minimum absolute atomic E-state index is 0.274. The van der Waals surface area contributed by atoms with Crippen LogP contribution in [0.4, 0.5) is 10.2 Å². The minimum Gasteiger partial charge on any atom is -0.384 e. The molecule has 0 saturated heterocycles.